The molecular weight excluding hydrogens is 925 g/mol. The minimum Gasteiger partial charge on any atom is -0.309 e. The molecule has 0 spiro atoms. The van der Waals surface area contributed by atoms with E-state index in [2.05, 4.69) is 221 Å². The number of benzene rings is 11. The van der Waals surface area contributed by atoms with Crippen molar-refractivity contribution in [2.45, 2.75) is 0 Å². The van der Waals surface area contributed by atoms with Crippen molar-refractivity contribution in [1.82, 2.24) is 24.1 Å². The minimum absolute atomic E-state index is 0.537. The fourth-order valence-electron chi connectivity index (χ4n) is 11.1. The molecule has 0 unspecified atom stereocenters. The van der Waals surface area contributed by atoms with Crippen LogP contribution in [0.4, 0.5) is 0 Å². The van der Waals surface area contributed by atoms with Crippen molar-refractivity contribution in [1.29, 1.82) is 5.26 Å². The summed E-state index contributed by atoms with van der Waals surface area (Å²) in [7, 11) is 0. The van der Waals surface area contributed by atoms with Gasteiger partial charge in [-0.25, -0.2) is 15.0 Å². The largest absolute Gasteiger partial charge is 0.309 e. The molecule has 6 nitrogen and oxygen atoms in total. The van der Waals surface area contributed by atoms with Gasteiger partial charge in [0.1, 0.15) is 0 Å². The number of aromatic nitrogens is 5. The molecule has 14 rings (SSSR count). The average Bonchev–Trinajstić information content (AvgIpc) is 4.05. The molecular formula is C70H44N6. The maximum absolute atomic E-state index is 9.84. The molecule has 0 fully saturated rings. The zero-order valence-electron chi connectivity index (χ0n) is 41.1. The lowest BCUT2D eigenvalue weighted by molar-refractivity contribution is 1.06. The Labute approximate surface area is 439 Å². The van der Waals surface area contributed by atoms with Crippen molar-refractivity contribution in [3.8, 4) is 96.1 Å². The Morgan fingerprint density at radius 2 is 0.684 bits per heavy atom. The SMILES string of the molecule is N#Cc1ccc(-c2ccc(-n3c4ccccc4c4cc(-c5ccccc5)ccc43)c(-c3cccc(-n4c5ccccc5c5cc(-c6ccccc6)ccc54)c3-c3nc(-c4ccccc4)nc(-c4ccccc4)n3)c2)cc1. The van der Waals surface area contributed by atoms with Gasteiger partial charge in [-0.15, -0.1) is 0 Å². The second-order valence-electron chi connectivity index (χ2n) is 19.1. The van der Waals surface area contributed by atoms with Crippen LogP contribution in [0.3, 0.4) is 0 Å². The number of nitrogens with zero attached hydrogens (tertiary/aromatic N) is 6. The Morgan fingerprint density at radius 3 is 1.21 bits per heavy atom. The van der Waals surface area contributed by atoms with Crippen LogP contribution in [-0.4, -0.2) is 24.1 Å². The molecule has 0 bridgehead atoms. The van der Waals surface area contributed by atoms with Gasteiger partial charge in [-0.3, -0.25) is 0 Å². The van der Waals surface area contributed by atoms with E-state index in [0.29, 0.717) is 23.0 Å². The highest BCUT2D eigenvalue weighted by molar-refractivity contribution is 6.13. The minimum atomic E-state index is 0.537. The fraction of sp³-hybridized carbons (Fsp3) is 0. The summed E-state index contributed by atoms with van der Waals surface area (Å²) in [5.74, 6) is 1.68. The Hall–Kier alpha value is -10.5. The Bertz CT molecular complexity index is 4500. The monoisotopic (exact) mass is 968 g/mol. The third-order valence-corrected chi connectivity index (χ3v) is 14.6. The fourth-order valence-corrected chi connectivity index (χ4v) is 11.1. The molecule has 0 saturated carbocycles. The van der Waals surface area contributed by atoms with Crippen LogP contribution in [0.5, 0.6) is 0 Å². The second kappa shape index (κ2) is 18.5. The molecule has 3 aromatic heterocycles. The van der Waals surface area contributed by atoms with Gasteiger partial charge in [-0.2, -0.15) is 5.26 Å². The van der Waals surface area contributed by atoms with Crippen LogP contribution in [0.2, 0.25) is 0 Å². The molecule has 0 amide bonds. The number of nitriles is 1. The number of fused-ring (bicyclic) bond motifs is 6. The molecule has 14 aromatic rings. The van der Waals surface area contributed by atoms with Gasteiger partial charge in [0.05, 0.1) is 50.6 Å². The molecule has 6 heteroatoms. The van der Waals surface area contributed by atoms with Crippen LogP contribution in [0, 0.1) is 11.3 Å². The van der Waals surface area contributed by atoms with Crippen LogP contribution < -0.4 is 0 Å². The molecule has 0 aliphatic carbocycles. The lowest BCUT2D eigenvalue weighted by atomic mass is 9.92. The highest BCUT2D eigenvalue weighted by Crippen LogP contribution is 2.46. The summed E-state index contributed by atoms with van der Waals surface area (Å²) in [4.78, 5) is 16.3. The lowest BCUT2D eigenvalue weighted by Gasteiger charge is -2.21. The third-order valence-electron chi connectivity index (χ3n) is 14.6. The number of para-hydroxylation sites is 2. The molecule has 0 atom stereocenters. The number of hydrogen-bond acceptors (Lipinski definition) is 4. The Morgan fingerprint density at radius 1 is 0.276 bits per heavy atom. The summed E-state index contributed by atoms with van der Waals surface area (Å²) in [6, 6.07) is 96.0. The van der Waals surface area contributed by atoms with Crippen LogP contribution in [0.25, 0.3) is 134 Å². The van der Waals surface area contributed by atoms with E-state index in [-0.39, 0.29) is 0 Å². The normalized spacial score (nSPS) is 11.4. The van der Waals surface area contributed by atoms with E-state index < -0.39 is 0 Å². The van der Waals surface area contributed by atoms with Crippen LogP contribution in [0.1, 0.15) is 5.56 Å². The van der Waals surface area contributed by atoms with E-state index in [9.17, 15) is 5.26 Å². The molecule has 0 aliphatic heterocycles. The third kappa shape index (κ3) is 7.62. The van der Waals surface area contributed by atoms with Crippen molar-refractivity contribution >= 4 is 43.6 Å². The molecule has 0 saturated heterocycles. The van der Waals surface area contributed by atoms with E-state index in [1.807, 2.05) is 60.7 Å². The summed E-state index contributed by atoms with van der Waals surface area (Å²) in [5, 5.41) is 14.4. The molecule has 0 aliphatic rings. The van der Waals surface area contributed by atoms with E-state index >= 15 is 0 Å². The van der Waals surface area contributed by atoms with Crippen LogP contribution >= 0.6 is 0 Å². The summed E-state index contributed by atoms with van der Waals surface area (Å²) in [6.45, 7) is 0. The first-order valence-corrected chi connectivity index (χ1v) is 25.5. The van der Waals surface area contributed by atoms with Gasteiger partial charge in [0.25, 0.3) is 0 Å². The predicted octanol–water partition coefficient (Wildman–Crippen LogP) is 17.6. The van der Waals surface area contributed by atoms with Crippen LogP contribution in [-0.2, 0) is 0 Å². The summed E-state index contributed by atoms with van der Waals surface area (Å²) >= 11 is 0. The van der Waals surface area contributed by atoms with Gasteiger partial charge in [0, 0.05) is 38.2 Å². The Balaban J connectivity index is 1.11. The van der Waals surface area contributed by atoms with Crippen LogP contribution in [0.15, 0.2) is 267 Å². The average molecular weight is 969 g/mol. The summed E-state index contributed by atoms with van der Waals surface area (Å²) < 4.78 is 4.81. The summed E-state index contributed by atoms with van der Waals surface area (Å²) in [6.07, 6.45) is 0. The van der Waals surface area contributed by atoms with E-state index in [1.54, 1.807) is 0 Å². The highest BCUT2D eigenvalue weighted by Gasteiger charge is 2.26. The molecule has 0 N–H and O–H groups in total. The second-order valence-corrected chi connectivity index (χ2v) is 19.1. The predicted molar refractivity (Wildman–Crippen MR) is 311 cm³/mol. The van der Waals surface area contributed by atoms with E-state index in [1.165, 1.54) is 5.56 Å². The molecule has 76 heavy (non-hydrogen) atoms. The first-order chi connectivity index (χ1) is 37.6. The molecule has 3 heterocycles. The van der Waals surface area contributed by atoms with Gasteiger partial charge >= 0.3 is 0 Å². The maximum atomic E-state index is 9.84. The molecule has 11 aromatic carbocycles. The Kier molecular flexibility index (Phi) is 10.8. The van der Waals surface area contributed by atoms with E-state index in [4.69, 9.17) is 15.0 Å². The first-order valence-electron chi connectivity index (χ1n) is 25.5. The number of hydrogen-bond donors (Lipinski definition) is 0. The number of rotatable bonds is 9. The molecule has 0 radical (unpaired) electrons. The van der Waals surface area contributed by atoms with Gasteiger partial charge in [0.2, 0.25) is 0 Å². The smallest absolute Gasteiger partial charge is 0.166 e. The van der Waals surface area contributed by atoms with Gasteiger partial charge in [-0.05, 0) is 106 Å². The highest BCUT2D eigenvalue weighted by atomic mass is 15.1. The van der Waals surface area contributed by atoms with Crippen molar-refractivity contribution in [3.63, 3.8) is 0 Å². The zero-order valence-corrected chi connectivity index (χ0v) is 41.1. The van der Waals surface area contributed by atoms with Gasteiger partial charge in [0.15, 0.2) is 17.5 Å². The van der Waals surface area contributed by atoms with E-state index in [0.717, 1.165) is 111 Å². The lowest BCUT2D eigenvalue weighted by Crippen LogP contribution is -2.06. The van der Waals surface area contributed by atoms with Crippen molar-refractivity contribution in [2.24, 2.45) is 0 Å². The summed E-state index contributed by atoms with van der Waals surface area (Å²) in [5.41, 5.74) is 18.0. The van der Waals surface area contributed by atoms with Gasteiger partial charge in [-0.1, -0.05) is 200 Å². The van der Waals surface area contributed by atoms with Gasteiger partial charge < -0.3 is 9.13 Å². The quantitative estimate of drug-likeness (QED) is 0.144. The topological polar surface area (TPSA) is 72.3 Å². The maximum Gasteiger partial charge on any atom is 0.166 e. The zero-order chi connectivity index (χ0) is 50.5. The first kappa shape index (κ1) is 44.2. The van der Waals surface area contributed by atoms with Crippen molar-refractivity contribution in [3.05, 3.63) is 272 Å². The standard InChI is InChI=1S/C70H44N6/c71-45-46-32-34-49(35-33-46)54-38-41-65(75-61-29-15-13-26-55(61)58-42-52(36-39-63(58)75)47-18-5-1-6-19-47)60(44-54)57-28-17-31-66(67(57)70-73-68(50-22-9-3-10-23-50)72-69(74-70)51-24-11-4-12-25-51)76-62-30-16-14-27-56(62)59-43-53(37-40-64(59)76)48-20-7-2-8-21-48/h1-44H. The van der Waals surface area contributed by atoms with Crippen molar-refractivity contribution < 1.29 is 0 Å². The molecule has 354 valence electrons. The van der Waals surface area contributed by atoms with Crippen molar-refractivity contribution in [2.75, 3.05) is 0 Å².